The van der Waals surface area contributed by atoms with Crippen molar-refractivity contribution in [3.8, 4) is 0 Å². The van der Waals surface area contributed by atoms with Gasteiger partial charge in [0.05, 0.1) is 5.41 Å². The number of tetrazole rings is 1. The summed E-state index contributed by atoms with van der Waals surface area (Å²) in [6.07, 6.45) is 7.04. The molecule has 0 aliphatic heterocycles. The molecule has 188 valence electrons. The molecule has 1 saturated carbocycles. The molecular formula is C28H35N7O. The van der Waals surface area contributed by atoms with Crippen molar-refractivity contribution in [1.82, 2.24) is 31.3 Å². The standard InChI is InChI=1S/C28H35N7O/c1-17(30-2)19-10-12-23-20(14-19)8-9-21-15-22(26(36)31-3)11-13-24(21)28(23,27-32-34-35-33-27)16-25(29)18-6-4-5-7-18/h10-15,18,25,30H,1,4-9,16,29H2,2-3H3,(H,31,36)(H,32,33,34,35)/t25-,28?/m1/s1. The summed E-state index contributed by atoms with van der Waals surface area (Å²) in [6.45, 7) is 4.17. The Labute approximate surface area is 212 Å². The van der Waals surface area contributed by atoms with Gasteiger partial charge >= 0.3 is 0 Å². The van der Waals surface area contributed by atoms with Crippen LogP contribution >= 0.6 is 0 Å². The Bertz CT molecular complexity index is 1190. The van der Waals surface area contributed by atoms with Gasteiger partial charge in [0.2, 0.25) is 0 Å². The Morgan fingerprint density at radius 2 is 1.72 bits per heavy atom. The number of nitrogens with one attached hydrogen (secondary N) is 3. The van der Waals surface area contributed by atoms with Crippen molar-refractivity contribution in [2.75, 3.05) is 14.1 Å². The van der Waals surface area contributed by atoms with Gasteiger partial charge in [0.25, 0.3) is 5.91 Å². The van der Waals surface area contributed by atoms with Gasteiger partial charge in [-0.15, -0.1) is 10.2 Å². The van der Waals surface area contributed by atoms with Gasteiger partial charge in [-0.05, 0) is 84.0 Å². The number of fused-ring (bicyclic) bond motifs is 2. The van der Waals surface area contributed by atoms with Gasteiger partial charge < -0.3 is 16.4 Å². The van der Waals surface area contributed by atoms with Crippen molar-refractivity contribution in [2.24, 2.45) is 11.7 Å². The maximum Gasteiger partial charge on any atom is 0.251 e. The summed E-state index contributed by atoms with van der Waals surface area (Å²) in [5.41, 5.74) is 13.5. The van der Waals surface area contributed by atoms with Crippen LogP contribution in [0.25, 0.3) is 5.70 Å². The predicted molar refractivity (Wildman–Crippen MR) is 140 cm³/mol. The molecule has 36 heavy (non-hydrogen) atoms. The third kappa shape index (κ3) is 4.09. The van der Waals surface area contributed by atoms with Gasteiger partial charge in [0.1, 0.15) is 0 Å². The van der Waals surface area contributed by atoms with Crippen molar-refractivity contribution in [1.29, 1.82) is 0 Å². The molecule has 1 unspecified atom stereocenters. The number of benzene rings is 2. The van der Waals surface area contributed by atoms with E-state index in [9.17, 15) is 4.79 Å². The number of aryl methyl sites for hydroxylation is 2. The third-order valence-electron chi connectivity index (χ3n) is 8.21. The first-order valence-electron chi connectivity index (χ1n) is 12.8. The van der Waals surface area contributed by atoms with Crippen LogP contribution in [-0.4, -0.2) is 46.7 Å². The molecule has 1 aromatic heterocycles. The van der Waals surface area contributed by atoms with E-state index in [0.29, 0.717) is 23.7 Å². The first kappa shape index (κ1) is 24.2. The van der Waals surface area contributed by atoms with E-state index in [1.807, 2.05) is 19.2 Å². The van der Waals surface area contributed by atoms with E-state index >= 15 is 0 Å². The third-order valence-corrected chi connectivity index (χ3v) is 8.21. The van der Waals surface area contributed by atoms with Gasteiger partial charge in [-0.25, -0.2) is 0 Å². The average Bonchev–Trinajstić information content (AvgIpc) is 3.63. The highest BCUT2D eigenvalue weighted by molar-refractivity contribution is 5.94. The van der Waals surface area contributed by atoms with Gasteiger partial charge in [0, 0.05) is 31.4 Å². The topological polar surface area (TPSA) is 122 Å². The van der Waals surface area contributed by atoms with Crippen LogP contribution in [0.4, 0.5) is 0 Å². The van der Waals surface area contributed by atoms with Gasteiger partial charge in [-0.3, -0.25) is 4.79 Å². The lowest BCUT2D eigenvalue weighted by Crippen LogP contribution is -2.42. The molecule has 0 radical (unpaired) electrons. The van der Waals surface area contributed by atoms with Gasteiger partial charge in [-0.1, -0.05) is 42.8 Å². The molecule has 1 heterocycles. The molecular weight excluding hydrogens is 450 g/mol. The van der Waals surface area contributed by atoms with E-state index in [1.165, 1.54) is 18.4 Å². The number of nitrogens with two attached hydrogens (primary N) is 1. The number of carbonyl (C=O) groups is 1. The SMILES string of the molecule is C=C(NC)c1ccc2c(c1)CCc1cc(C(=O)NC)ccc1C2(C[C@@H](N)C1CCCC1)c1nn[nH]n1. The minimum Gasteiger partial charge on any atom is -0.388 e. The van der Waals surface area contributed by atoms with Crippen molar-refractivity contribution in [3.63, 3.8) is 0 Å². The molecule has 5 N–H and O–H groups in total. The number of amides is 1. The zero-order valence-corrected chi connectivity index (χ0v) is 21.1. The largest absolute Gasteiger partial charge is 0.388 e. The van der Waals surface area contributed by atoms with Crippen LogP contribution in [0.15, 0.2) is 43.0 Å². The lowest BCUT2D eigenvalue weighted by molar-refractivity contribution is 0.0963. The van der Waals surface area contributed by atoms with E-state index in [2.05, 4.69) is 62.1 Å². The summed E-state index contributed by atoms with van der Waals surface area (Å²) in [5.74, 6) is 0.991. The molecule has 8 nitrogen and oxygen atoms in total. The van der Waals surface area contributed by atoms with Crippen LogP contribution in [0.3, 0.4) is 0 Å². The minimum absolute atomic E-state index is 0.0182. The highest BCUT2D eigenvalue weighted by Crippen LogP contribution is 2.48. The monoisotopic (exact) mass is 485 g/mol. The number of hydrogen-bond acceptors (Lipinski definition) is 6. The Morgan fingerprint density at radius 3 is 2.31 bits per heavy atom. The summed E-state index contributed by atoms with van der Waals surface area (Å²) in [6, 6.07) is 12.5. The zero-order chi connectivity index (χ0) is 25.3. The normalized spacial score (nSPS) is 20.2. The van der Waals surface area contributed by atoms with Gasteiger partial charge in [0.15, 0.2) is 5.82 Å². The molecule has 0 saturated heterocycles. The molecule has 5 rings (SSSR count). The predicted octanol–water partition coefficient (Wildman–Crippen LogP) is 3.09. The maximum atomic E-state index is 12.5. The second-order valence-corrected chi connectivity index (χ2v) is 10.1. The van der Waals surface area contributed by atoms with Crippen molar-refractivity contribution in [2.45, 2.75) is 56.4 Å². The summed E-state index contributed by atoms with van der Waals surface area (Å²) in [4.78, 5) is 12.5. The summed E-state index contributed by atoms with van der Waals surface area (Å²) in [5, 5.41) is 21.7. The Kier molecular flexibility index (Phi) is 6.62. The molecule has 2 aliphatic rings. The fourth-order valence-electron chi connectivity index (χ4n) is 6.27. The second kappa shape index (κ2) is 9.85. The number of aromatic amines is 1. The van der Waals surface area contributed by atoms with Crippen LogP contribution in [0, 0.1) is 5.92 Å². The van der Waals surface area contributed by atoms with Crippen LogP contribution in [0.5, 0.6) is 0 Å². The molecule has 2 aromatic carbocycles. The second-order valence-electron chi connectivity index (χ2n) is 10.1. The number of nitrogens with zero attached hydrogens (tertiary/aromatic N) is 3. The zero-order valence-electron chi connectivity index (χ0n) is 21.1. The first-order chi connectivity index (χ1) is 17.5. The van der Waals surface area contributed by atoms with E-state index in [1.54, 1.807) is 7.05 Å². The number of H-pyrrole nitrogens is 1. The minimum atomic E-state index is -0.684. The smallest absolute Gasteiger partial charge is 0.251 e. The lowest BCUT2D eigenvalue weighted by atomic mass is 9.66. The van der Waals surface area contributed by atoms with Crippen molar-refractivity contribution >= 4 is 11.6 Å². The number of carbonyl (C=O) groups excluding carboxylic acids is 1. The van der Waals surface area contributed by atoms with Crippen molar-refractivity contribution in [3.05, 3.63) is 82.2 Å². The highest BCUT2D eigenvalue weighted by atomic mass is 16.1. The average molecular weight is 486 g/mol. The van der Waals surface area contributed by atoms with Crippen LogP contribution in [0.2, 0.25) is 0 Å². The molecule has 8 heteroatoms. The molecule has 1 fully saturated rings. The van der Waals surface area contributed by atoms with E-state index in [4.69, 9.17) is 5.73 Å². The first-order valence-corrected chi connectivity index (χ1v) is 12.8. The summed E-state index contributed by atoms with van der Waals surface area (Å²) >= 11 is 0. The molecule has 2 atom stereocenters. The molecule has 1 amide bonds. The van der Waals surface area contributed by atoms with E-state index in [0.717, 1.165) is 53.6 Å². The quantitative estimate of drug-likeness (QED) is 0.408. The number of aromatic nitrogens is 4. The van der Waals surface area contributed by atoms with Crippen LogP contribution in [-0.2, 0) is 18.3 Å². The summed E-state index contributed by atoms with van der Waals surface area (Å²) in [7, 11) is 3.54. The maximum absolute atomic E-state index is 12.5. The fraction of sp³-hybridized carbons (Fsp3) is 0.429. The Balaban J connectivity index is 1.75. The molecule has 2 aliphatic carbocycles. The van der Waals surface area contributed by atoms with E-state index < -0.39 is 5.41 Å². The highest BCUT2D eigenvalue weighted by Gasteiger charge is 2.46. The van der Waals surface area contributed by atoms with Crippen LogP contribution < -0.4 is 16.4 Å². The fourth-order valence-corrected chi connectivity index (χ4v) is 6.27. The molecule has 0 spiro atoms. The molecule has 0 bridgehead atoms. The number of rotatable bonds is 7. The van der Waals surface area contributed by atoms with E-state index in [-0.39, 0.29) is 11.9 Å². The van der Waals surface area contributed by atoms with Gasteiger partial charge in [-0.2, -0.15) is 5.21 Å². The number of hydrogen-bond donors (Lipinski definition) is 4. The Morgan fingerprint density at radius 1 is 1.08 bits per heavy atom. The Hall–Kier alpha value is -3.52. The molecule has 3 aromatic rings. The van der Waals surface area contributed by atoms with Crippen molar-refractivity contribution < 1.29 is 4.79 Å². The summed E-state index contributed by atoms with van der Waals surface area (Å²) < 4.78 is 0. The van der Waals surface area contributed by atoms with Crippen LogP contribution in [0.1, 0.15) is 76.1 Å². The lowest BCUT2D eigenvalue weighted by Gasteiger charge is -2.37.